The molecule has 0 spiro atoms. The fourth-order valence-corrected chi connectivity index (χ4v) is 3.33. The van der Waals surface area contributed by atoms with Crippen molar-refractivity contribution >= 4 is 8.80 Å². The van der Waals surface area contributed by atoms with Crippen molar-refractivity contribution in [2.75, 3.05) is 0 Å². The second-order valence-electron chi connectivity index (χ2n) is 5.66. The molecule has 0 saturated heterocycles. The second-order valence-corrected chi connectivity index (χ2v) is 8.57. The molecule has 0 unspecified atom stereocenters. The second kappa shape index (κ2) is 13.1. The topological polar surface area (TPSA) is 0 Å². The quantitative estimate of drug-likeness (QED) is 0.337. The molecule has 0 nitrogen and oxygen atoms in total. The van der Waals surface area contributed by atoms with Crippen molar-refractivity contribution in [3.63, 3.8) is 0 Å². The minimum absolute atomic E-state index is 0. The molecule has 0 aliphatic carbocycles. The Hall–Kier alpha value is -0.564. The summed E-state index contributed by atoms with van der Waals surface area (Å²) in [5.74, 6) is 0. The van der Waals surface area contributed by atoms with Crippen molar-refractivity contribution in [2.24, 2.45) is 0 Å². The van der Waals surface area contributed by atoms with E-state index in [2.05, 4.69) is 38.2 Å². The third kappa shape index (κ3) is 9.90. The third-order valence-corrected chi connectivity index (χ3v) is 4.92. The van der Waals surface area contributed by atoms with E-state index in [0.717, 1.165) is 0 Å². The number of aryl methyl sites for hydroxylation is 2. The van der Waals surface area contributed by atoms with E-state index in [1.807, 2.05) is 30.3 Å². The van der Waals surface area contributed by atoms with Gasteiger partial charge >= 0.3 is 17.1 Å². The fourth-order valence-electron chi connectivity index (χ4n) is 2.37. The van der Waals surface area contributed by atoms with Gasteiger partial charge in [0.25, 0.3) is 0 Å². The zero-order valence-electron chi connectivity index (χ0n) is 13.7. The molecule has 0 aliphatic rings. The Balaban J connectivity index is 0.000000562. The first kappa shape index (κ1) is 20.4. The molecular weight excluding hydrogens is 312 g/mol. The van der Waals surface area contributed by atoms with E-state index in [-0.39, 0.29) is 25.9 Å². The van der Waals surface area contributed by atoms with Crippen LogP contribution in [0.4, 0.5) is 0 Å². The van der Waals surface area contributed by atoms with Crippen LogP contribution >= 0.6 is 0 Å². The molecule has 2 rings (SSSR count). The van der Waals surface area contributed by atoms with E-state index < -0.39 is 0 Å². The van der Waals surface area contributed by atoms with Gasteiger partial charge in [-0.15, -0.1) is 0 Å². The molecule has 2 heteroatoms. The van der Waals surface area contributed by atoms with Gasteiger partial charge in [-0.25, -0.2) is 24.3 Å². The van der Waals surface area contributed by atoms with Crippen LogP contribution in [-0.2, 0) is 29.9 Å². The normalized spacial score (nSPS) is 9.90. The van der Waals surface area contributed by atoms with Crippen molar-refractivity contribution in [3.05, 3.63) is 59.7 Å². The zero-order chi connectivity index (χ0) is 14.6. The Morgan fingerprint density at radius 2 is 1.76 bits per heavy atom. The van der Waals surface area contributed by atoms with Gasteiger partial charge in [0.2, 0.25) is 0 Å². The van der Waals surface area contributed by atoms with Crippen LogP contribution in [0.2, 0.25) is 19.1 Å². The molecule has 0 bridgehead atoms. The Morgan fingerprint density at radius 1 is 1.05 bits per heavy atom. The predicted molar refractivity (Wildman–Crippen MR) is 93.3 cm³/mol. The van der Waals surface area contributed by atoms with Gasteiger partial charge in [0, 0.05) is 8.80 Å². The van der Waals surface area contributed by atoms with Gasteiger partial charge in [0.05, 0.1) is 0 Å². The Labute approximate surface area is 143 Å². The minimum Gasteiger partial charge on any atom is -0.214 e. The Morgan fingerprint density at radius 3 is 2.29 bits per heavy atom. The molecule has 2 aromatic carbocycles. The van der Waals surface area contributed by atoms with Crippen molar-refractivity contribution in [2.45, 2.75) is 58.2 Å². The van der Waals surface area contributed by atoms with Gasteiger partial charge in [-0.3, -0.25) is 0 Å². The molecule has 0 atom stereocenters. The molecule has 0 fully saturated rings. The standard InChI is InChI=1S/C14H24Si.C5H5.Fe/c1-4-13-10-8-11-14(13)9-6-5-7-12-15(2)3;1-2-4-5-3-1;/h8,10-11H,4-7,9,12H2,1-3H3;1-5H;/q2*-1;+2. The van der Waals surface area contributed by atoms with Crippen molar-refractivity contribution in [1.82, 2.24) is 0 Å². The SMILES string of the molecule is CCc1ccc[c-]1CCCCC[Si](C)C.[Fe+2].c1cc[cH-]c1. The van der Waals surface area contributed by atoms with Crippen LogP contribution < -0.4 is 0 Å². The molecule has 117 valence electrons. The van der Waals surface area contributed by atoms with Gasteiger partial charge in [-0.05, 0) is 0 Å². The summed E-state index contributed by atoms with van der Waals surface area (Å²) < 4.78 is 0. The number of hydrogen-bond donors (Lipinski definition) is 0. The molecule has 21 heavy (non-hydrogen) atoms. The summed E-state index contributed by atoms with van der Waals surface area (Å²) in [5.41, 5.74) is 3.15. The van der Waals surface area contributed by atoms with Gasteiger partial charge < -0.3 is 0 Å². The largest absolute Gasteiger partial charge is 2.00 e. The monoisotopic (exact) mass is 341 g/mol. The van der Waals surface area contributed by atoms with Crippen LogP contribution in [0, 0.1) is 0 Å². The summed E-state index contributed by atoms with van der Waals surface area (Å²) in [6.07, 6.45) is 6.74. The van der Waals surface area contributed by atoms with E-state index in [4.69, 9.17) is 0 Å². The number of hydrogen-bond acceptors (Lipinski definition) is 0. The van der Waals surface area contributed by atoms with Gasteiger partial charge in [0.1, 0.15) is 0 Å². The van der Waals surface area contributed by atoms with Crippen LogP contribution in [0.15, 0.2) is 48.5 Å². The summed E-state index contributed by atoms with van der Waals surface area (Å²) in [4.78, 5) is 0. The van der Waals surface area contributed by atoms with E-state index in [0.29, 0.717) is 0 Å². The van der Waals surface area contributed by atoms with Crippen molar-refractivity contribution < 1.29 is 17.1 Å². The van der Waals surface area contributed by atoms with Crippen LogP contribution in [0.25, 0.3) is 0 Å². The Kier molecular flexibility index (Phi) is 12.8. The zero-order valence-corrected chi connectivity index (χ0v) is 15.8. The maximum absolute atomic E-state index is 2.41. The minimum atomic E-state index is 0. The van der Waals surface area contributed by atoms with Crippen molar-refractivity contribution in [3.8, 4) is 0 Å². The maximum atomic E-state index is 2.41. The predicted octanol–water partition coefficient (Wildman–Crippen LogP) is 5.84. The summed E-state index contributed by atoms with van der Waals surface area (Å²) in [6.45, 7) is 7.08. The van der Waals surface area contributed by atoms with E-state index in [1.165, 1.54) is 38.1 Å². The molecule has 0 saturated carbocycles. The van der Waals surface area contributed by atoms with Gasteiger partial charge in [-0.2, -0.15) is 35.4 Å². The molecule has 0 heterocycles. The van der Waals surface area contributed by atoms with E-state index in [9.17, 15) is 0 Å². The number of unbranched alkanes of at least 4 members (excludes halogenated alkanes) is 2. The fraction of sp³-hybridized carbons (Fsp3) is 0.474. The summed E-state index contributed by atoms with van der Waals surface area (Å²) in [5, 5.41) is 0. The van der Waals surface area contributed by atoms with Gasteiger partial charge in [0.15, 0.2) is 0 Å². The third-order valence-electron chi connectivity index (χ3n) is 3.57. The van der Waals surface area contributed by atoms with E-state index in [1.54, 1.807) is 11.1 Å². The maximum Gasteiger partial charge on any atom is 2.00 e. The molecule has 1 radical (unpaired) electrons. The molecular formula is C19H29FeSi. The Bertz CT molecular complexity index is 397. The molecule has 0 amide bonds. The first-order valence-corrected chi connectivity index (χ1v) is 10.6. The number of rotatable bonds is 7. The van der Waals surface area contributed by atoms with Gasteiger partial charge in [-0.1, -0.05) is 58.2 Å². The summed E-state index contributed by atoms with van der Waals surface area (Å²) in [6, 6.07) is 18.3. The van der Waals surface area contributed by atoms with Crippen LogP contribution in [0.5, 0.6) is 0 Å². The molecule has 0 aromatic heterocycles. The summed E-state index contributed by atoms with van der Waals surface area (Å²) in [7, 11) is 0.0190. The van der Waals surface area contributed by atoms with E-state index >= 15 is 0 Å². The molecule has 0 aliphatic heterocycles. The van der Waals surface area contributed by atoms with Crippen LogP contribution in [-0.4, -0.2) is 8.80 Å². The van der Waals surface area contributed by atoms with Crippen molar-refractivity contribution in [1.29, 1.82) is 0 Å². The average Bonchev–Trinajstić information content (AvgIpc) is 3.12. The van der Waals surface area contributed by atoms with Crippen LogP contribution in [0.1, 0.15) is 37.3 Å². The average molecular weight is 341 g/mol. The molecule has 2 aromatic rings. The first-order chi connectivity index (χ1) is 9.74. The first-order valence-electron chi connectivity index (χ1n) is 7.93. The smallest absolute Gasteiger partial charge is 0.214 e. The summed E-state index contributed by atoms with van der Waals surface area (Å²) >= 11 is 0. The molecule has 0 N–H and O–H groups in total. The van der Waals surface area contributed by atoms with Crippen LogP contribution in [0.3, 0.4) is 0 Å².